The molecule has 0 fully saturated rings. The van der Waals surface area contributed by atoms with Crippen molar-refractivity contribution in [3.8, 4) is 5.75 Å². The summed E-state index contributed by atoms with van der Waals surface area (Å²) in [4.78, 5) is 12.2. The Balaban J connectivity index is 1.82. The maximum atomic E-state index is 12.2. The van der Waals surface area contributed by atoms with Crippen molar-refractivity contribution < 1.29 is 9.53 Å². The fourth-order valence-electron chi connectivity index (χ4n) is 2.24. The van der Waals surface area contributed by atoms with Crippen molar-refractivity contribution in [1.82, 2.24) is 10.9 Å². The van der Waals surface area contributed by atoms with Gasteiger partial charge in [0.2, 0.25) is 0 Å². The molecule has 0 aromatic heterocycles. The average Bonchev–Trinajstić information content (AvgIpc) is 2.59. The summed E-state index contributed by atoms with van der Waals surface area (Å²) in [6.45, 7) is 8.10. The van der Waals surface area contributed by atoms with E-state index in [1.165, 1.54) is 5.56 Å². The van der Waals surface area contributed by atoms with Crippen molar-refractivity contribution in [3.05, 3.63) is 59.1 Å². The van der Waals surface area contributed by atoms with Gasteiger partial charge in [0.05, 0.1) is 0 Å². The molecule has 0 aliphatic heterocycles. The molecule has 0 saturated carbocycles. The van der Waals surface area contributed by atoms with Crippen LogP contribution in [0.2, 0.25) is 5.02 Å². The second-order valence-electron chi connectivity index (χ2n) is 7.11. The van der Waals surface area contributed by atoms with Crippen molar-refractivity contribution in [3.63, 3.8) is 0 Å². The van der Waals surface area contributed by atoms with E-state index in [9.17, 15) is 4.79 Å². The van der Waals surface area contributed by atoms with Gasteiger partial charge in [-0.05, 0) is 60.5 Å². The van der Waals surface area contributed by atoms with E-state index in [1.807, 2.05) is 30.3 Å². The number of carbonyl (C=O) groups excluding carboxylic acids is 1. The molecule has 27 heavy (non-hydrogen) atoms. The van der Waals surface area contributed by atoms with Gasteiger partial charge in [0.15, 0.2) is 11.2 Å². The van der Waals surface area contributed by atoms with Crippen molar-refractivity contribution in [2.24, 2.45) is 0 Å². The smallest absolute Gasteiger partial charge is 0.279 e. The third-order valence-corrected chi connectivity index (χ3v) is 4.22. The molecule has 3 N–H and O–H groups in total. The Labute approximate surface area is 170 Å². The van der Waals surface area contributed by atoms with E-state index in [2.05, 4.69) is 36.9 Å². The summed E-state index contributed by atoms with van der Waals surface area (Å²) in [5.41, 5.74) is 7.15. The second kappa shape index (κ2) is 9.06. The normalized spacial score (nSPS) is 12.0. The van der Waals surface area contributed by atoms with Crippen LogP contribution in [0.1, 0.15) is 33.3 Å². The Morgan fingerprint density at radius 2 is 1.78 bits per heavy atom. The largest absolute Gasteiger partial charge is 0.481 e. The van der Waals surface area contributed by atoms with Crippen LogP contribution in [-0.4, -0.2) is 17.1 Å². The number of thiocarbonyl (C=S) groups is 1. The van der Waals surface area contributed by atoms with E-state index >= 15 is 0 Å². The zero-order valence-corrected chi connectivity index (χ0v) is 17.4. The average molecular weight is 406 g/mol. The van der Waals surface area contributed by atoms with Crippen LogP contribution >= 0.6 is 23.8 Å². The Morgan fingerprint density at radius 1 is 1.11 bits per heavy atom. The molecule has 0 unspecified atom stereocenters. The van der Waals surface area contributed by atoms with Crippen molar-refractivity contribution in [1.29, 1.82) is 0 Å². The van der Waals surface area contributed by atoms with Gasteiger partial charge < -0.3 is 10.1 Å². The molecule has 0 saturated heterocycles. The predicted molar refractivity (Wildman–Crippen MR) is 114 cm³/mol. The molecule has 1 amide bonds. The zero-order chi connectivity index (χ0) is 20.0. The lowest BCUT2D eigenvalue weighted by molar-refractivity contribution is -0.127. The number of hydrogen-bond acceptors (Lipinski definition) is 3. The molecule has 2 aromatic rings. The molecule has 0 aliphatic rings. The van der Waals surface area contributed by atoms with E-state index in [1.54, 1.807) is 25.1 Å². The van der Waals surface area contributed by atoms with E-state index in [0.717, 1.165) is 5.69 Å². The summed E-state index contributed by atoms with van der Waals surface area (Å²) in [5.74, 6) is 0.287. The first kappa shape index (κ1) is 21.0. The summed E-state index contributed by atoms with van der Waals surface area (Å²) >= 11 is 11.1. The lowest BCUT2D eigenvalue weighted by Gasteiger charge is -2.20. The highest BCUT2D eigenvalue weighted by Gasteiger charge is 2.16. The molecule has 0 heterocycles. The zero-order valence-electron chi connectivity index (χ0n) is 15.8. The van der Waals surface area contributed by atoms with Crippen molar-refractivity contribution >= 4 is 40.5 Å². The summed E-state index contributed by atoms with van der Waals surface area (Å²) in [5, 5.41) is 3.76. The summed E-state index contributed by atoms with van der Waals surface area (Å²) in [7, 11) is 0. The number of benzene rings is 2. The maximum absolute atomic E-state index is 12.2. The van der Waals surface area contributed by atoms with Crippen molar-refractivity contribution in [2.45, 2.75) is 39.2 Å². The molecular weight excluding hydrogens is 382 g/mol. The number of hydrogen-bond donors (Lipinski definition) is 3. The second-order valence-corrected chi connectivity index (χ2v) is 7.96. The quantitative estimate of drug-likeness (QED) is 0.519. The van der Waals surface area contributed by atoms with Crippen LogP contribution in [0.4, 0.5) is 5.69 Å². The van der Waals surface area contributed by atoms with E-state index in [0.29, 0.717) is 10.8 Å². The molecule has 0 bridgehead atoms. The number of amides is 1. The third-order valence-electron chi connectivity index (χ3n) is 3.78. The highest BCUT2D eigenvalue weighted by molar-refractivity contribution is 7.80. The highest BCUT2D eigenvalue weighted by atomic mass is 35.5. The minimum absolute atomic E-state index is 0.0666. The van der Waals surface area contributed by atoms with Crippen LogP contribution in [0.25, 0.3) is 0 Å². The van der Waals surface area contributed by atoms with Gasteiger partial charge in [-0.1, -0.05) is 50.6 Å². The van der Waals surface area contributed by atoms with Gasteiger partial charge in [0.1, 0.15) is 5.75 Å². The number of rotatable bonds is 4. The first-order valence-corrected chi connectivity index (χ1v) is 9.33. The van der Waals surface area contributed by atoms with Gasteiger partial charge in [0.25, 0.3) is 5.91 Å². The van der Waals surface area contributed by atoms with Gasteiger partial charge in [-0.3, -0.25) is 15.6 Å². The Morgan fingerprint density at radius 3 is 2.37 bits per heavy atom. The monoisotopic (exact) mass is 405 g/mol. The Kier molecular flexibility index (Phi) is 7.05. The molecule has 2 rings (SSSR count). The van der Waals surface area contributed by atoms with E-state index in [4.69, 9.17) is 28.6 Å². The predicted octanol–water partition coefficient (Wildman–Crippen LogP) is 4.42. The molecule has 0 radical (unpaired) electrons. The van der Waals surface area contributed by atoms with E-state index in [-0.39, 0.29) is 16.4 Å². The minimum atomic E-state index is -0.688. The Hall–Kier alpha value is -2.31. The molecule has 144 valence electrons. The molecule has 0 spiro atoms. The maximum Gasteiger partial charge on any atom is 0.279 e. The molecule has 0 aliphatic carbocycles. The van der Waals surface area contributed by atoms with Crippen LogP contribution < -0.4 is 20.9 Å². The molecular formula is C20H24ClN3O2S. The standard InChI is InChI=1S/C20H24ClN3O2S/c1-13(26-17-10-8-14(9-11-17)20(2,3)4)18(25)23-24-19(27)22-16-7-5-6-15(21)12-16/h5-13H,1-4H3,(H,23,25)(H2,22,24,27)/t13-/m1/s1. The number of anilines is 1. The molecule has 7 heteroatoms. The first-order valence-electron chi connectivity index (χ1n) is 8.55. The fourth-order valence-corrected chi connectivity index (χ4v) is 2.60. The lowest BCUT2D eigenvalue weighted by Crippen LogP contribution is -2.48. The number of halogens is 1. The van der Waals surface area contributed by atoms with E-state index < -0.39 is 6.10 Å². The summed E-state index contributed by atoms with van der Waals surface area (Å²) < 4.78 is 5.68. The van der Waals surface area contributed by atoms with Crippen molar-refractivity contribution in [2.75, 3.05) is 5.32 Å². The third kappa shape index (κ3) is 6.73. The first-order chi connectivity index (χ1) is 12.6. The minimum Gasteiger partial charge on any atom is -0.481 e. The number of nitrogens with one attached hydrogen (secondary N) is 3. The summed E-state index contributed by atoms with van der Waals surface area (Å²) in [6, 6.07) is 14.8. The lowest BCUT2D eigenvalue weighted by atomic mass is 9.87. The topological polar surface area (TPSA) is 62.4 Å². The van der Waals surface area contributed by atoms with Gasteiger partial charge >= 0.3 is 0 Å². The summed E-state index contributed by atoms with van der Waals surface area (Å²) in [6.07, 6.45) is -0.688. The molecule has 1 atom stereocenters. The fraction of sp³-hybridized carbons (Fsp3) is 0.300. The number of carbonyl (C=O) groups is 1. The van der Waals surface area contributed by atoms with Crippen LogP contribution in [0.15, 0.2) is 48.5 Å². The number of ether oxygens (including phenoxy) is 1. The van der Waals surface area contributed by atoms with Crippen LogP contribution in [-0.2, 0) is 10.2 Å². The van der Waals surface area contributed by atoms with Crippen LogP contribution in [0.3, 0.4) is 0 Å². The highest BCUT2D eigenvalue weighted by Crippen LogP contribution is 2.24. The Bertz CT molecular complexity index is 804. The molecule has 2 aromatic carbocycles. The SMILES string of the molecule is C[C@@H](Oc1ccc(C(C)(C)C)cc1)C(=O)NNC(=S)Nc1cccc(Cl)c1. The number of hydrazine groups is 1. The van der Waals surface area contributed by atoms with Gasteiger partial charge in [-0.15, -0.1) is 0 Å². The van der Waals surface area contributed by atoms with Gasteiger partial charge in [-0.25, -0.2) is 0 Å². The van der Waals surface area contributed by atoms with Gasteiger partial charge in [0, 0.05) is 10.7 Å². The van der Waals surface area contributed by atoms with Crippen LogP contribution in [0, 0.1) is 0 Å². The van der Waals surface area contributed by atoms with Crippen LogP contribution in [0.5, 0.6) is 5.75 Å². The molecule has 5 nitrogen and oxygen atoms in total. The van der Waals surface area contributed by atoms with Gasteiger partial charge in [-0.2, -0.15) is 0 Å².